The molecule has 0 spiro atoms. The molecule has 8 heteroatoms. The fourth-order valence-corrected chi connectivity index (χ4v) is 17.1. The number of rotatable bonds is 16. The quantitative estimate of drug-likeness (QED) is 0.303. The van der Waals surface area contributed by atoms with Crippen LogP contribution in [0.1, 0.15) is 26.2 Å². The third kappa shape index (κ3) is 15.2. The van der Waals surface area contributed by atoms with E-state index in [4.69, 9.17) is 22.8 Å². The smallest absolute Gasteiger partial charge is 0.311 e. The van der Waals surface area contributed by atoms with Crippen molar-refractivity contribution in [3.8, 4) is 0 Å². The Morgan fingerprint density at radius 1 is 0.680 bits per heavy atom. The van der Waals surface area contributed by atoms with Crippen molar-refractivity contribution in [1.82, 2.24) is 0 Å². The lowest BCUT2D eigenvalue weighted by atomic mass is 10.5. The number of hydrogen-bond donors (Lipinski definition) is 1. The summed E-state index contributed by atoms with van der Waals surface area (Å²) in [5, 5.41) is 8.73. The van der Waals surface area contributed by atoms with Gasteiger partial charge in [-0.1, -0.05) is 6.92 Å². The zero-order valence-electron chi connectivity index (χ0n) is 17.7. The van der Waals surface area contributed by atoms with E-state index in [0.29, 0.717) is 13.2 Å². The number of hydrogen-bond acceptors (Lipinski definition) is 5. The summed E-state index contributed by atoms with van der Waals surface area (Å²) in [5.74, 6) is 0. The second-order valence-electron chi connectivity index (χ2n) is 8.28. The van der Waals surface area contributed by atoms with Crippen LogP contribution in [-0.4, -0.2) is 63.3 Å². The average Bonchev–Trinajstić information content (AvgIpc) is 2.44. The maximum absolute atomic E-state index is 8.73. The van der Waals surface area contributed by atoms with Crippen molar-refractivity contribution in [1.29, 1.82) is 0 Å². The molecule has 5 nitrogen and oxygen atoms in total. The van der Waals surface area contributed by atoms with Gasteiger partial charge in [-0.2, -0.15) is 0 Å². The summed E-state index contributed by atoms with van der Waals surface area (Å²) >= 11 is 0. The van der Waals surface area contributed by atoms with Gasteiger partial charge in [0.05, 0.1) is 13.2 Å². The van der Waals surface area contributed by atoms with Crippen LogP contribution in [0, 0.1) is 0 Å². The van der Waals surface area contributed by atoms with Gasteiger partial charge in [0.1, 0.15) is 0 Å². The maximum Gasteiger partial charge on any atom is 0.311 e. The van der Waals surface area contributed by atoms with E-state index >= 15 is 0 Å². The molecule has 152 valence electrons. The highest BCUT2D eigenvalue weighted by Crippen LogP contribution is 2.26. The molecule has 0 radical (unpaired) electrons. The van der Waals surface area contributed by atoms with Gasteiger partial charge >= 0.3 is 8.56 Å². The van der Waals surface area contributed by atoms with E-state index < -0.39 is 25.2 Å². The third-order valence-corrected chi connectivity index (χ3v) is 15.2. The normalized spacial score (nSPS) is 13.4. The van der Waals surface area contributed by atoms with Gasteiger partial charge in [0.25, 0.3) is 0 Å². The van der Waals surface area contributed by atoms with Gasteiger partial charge in [-0.15, -0.1) is 0 Å². The molecule has 0 rings (SSSR count). The van der Waals surface area contributed by atoms with E-state index in [0.717, 1.165) is 44.6 Å². The lowest BCUT2D eigenvalue weighted by Crippen LogP contribution is -2.52. The highest BCUT2D eigenvalue weighted by atomic mass is 28.5. The van der Waals surface area contributed by atoms with Gasteiger partial charge in [0.2, 0.25) is 0 Å². The Morgan fingerprint density at radius 3 is 1.52 bits per heavy atom. The molecule has 0 unspecified atom stereocenters. The molecule has 0 saturated carbocycles. The highest BCUT2D eigenvalue weighted by Gasteiger charge is 2.39. The van der Waals surface area contributed by atoms with Crippen LogP contribution in [0.5, 0.6) is 0 Å². The largest absolute Gasteiger partial charge is 0.437 e. The Kier molecular flexibility index (Phi) is 13.0. The Balaban J connectivity index is 4.24. The predicted molar refractivity (Wildman–Crippen MR) is 112 cm³/mol. The molecule has 25 heavy (non-hydrogen) atoms. The van der Waals surface area contributed by atoms with Crippen molar-refractivity contribution in [2.45, 2.75) is 77.6 Å². The summed E-state index contributed by atoms with van der Waals surface area (Å²) in [6, 6.07) is 2.18. The Bertz CT molecular complexity index is 308. The van der Waals surface area contributed by atoms with Crippen LogP contribution in [0.15, 0.2) is 0 Å². The van der Waals surface area contributed by atoms with Gasteiger partial charge in [-0.05, 0) is 70.6 Å². The molecule has 0 aromatic rings. The van der Waals surface area contributed by atoms with Gasteiger partial charge < -0.3 is 22.8 Å². The van der Waals surface area contributed by atoms with Crippen molar-refractivity contribution in [2.24, 2.45) is 0 Å². The van der Waals surface area contributed by atoms with E-state index in [1.807, 2.05) is 0 Å². The highest BCUT2D eigenvalue weighted by molar-refractivity contribution is 6.87. The molecule has 0 aliphatic carbocycles. The summed E-state index contributed by atoms with van der Waals surface area (Å²) in [6.07, 6.45) is 3.14. The van der Waals surface area contributed by atoms with Crippen LogP contribution in [0.25, 0.3) is 0 Å². The molecule has 0 heterocycles. The van der Waals surface area contributed by atoms with Crippen LogP contribution in [0.2, 0.25) is 51.4 Å². The Morgan fingerprint density at radius 2 is 1.12 bits per heavy atom. The first-order valence-corrected chi connectivity index (χ1v) is 18.7. The van der Waals surface area contributed by atoms with E-state index in [2.05, 4.69) is 46.2 Å². The Labute approximate surface area is 158 Å². The molecule has 0 aliphatic heterocycles. The molecule has 0 aromatic heterocycles. The SMILES string of the molecule is CCCOCCC[Si](C)(C)O[Si](C)(C)O[Si](C)(C)CCCOCCO. The molecular formula is C17H42O5Si3. The first-order chi connectivity index (χ1) is 11.5. The second-order valence-corrected chi connectivity index (χ2v) is 20.8. The topological polar surface area (TPSA) is 57.2 Å². The summed E-state index contributed by atoms with van der Waals surface area (Å²) < 4.78 is 24.1. The predicted octanol–water partition coefficient (Wildman–Crippen LogP) is 4.35. The lowest BCUT2D eigenvalue weighted by molar-refractivity contribution is 0.0923. The van der Waals surface area contributed by atoms with Gasteiger partial charge in [0.15, 0.2) is 16.6 Å². The molecule has 0 saturated heterocycles. The number of aliphatic hydroxyl groups excluding tert-OH is 1. The van der Waals surface area contributed by atoms with Crippen LogP contribution < -0.4 is 0 Å². The summed E-state index contributed by atoms with van der Waals surface area (Å²) in [5.41, 5.74) is 0. The number of ether oxygens (including phenoxy) is 2. The minimum atomic E-state index is -2.12. The monoisotopic (exact) mass is 410 g/mol. The van der Waals surface area contributed by atoms with Crippen molar-refractivity contribution in [3.63, 3.8) is 0 Å². The fourth-order valence-electron chi connectivity index (χ4n) is 3.07. The molecule has 0 aromatic carbocycles. The van der Waals surface area contributed by atoms with Crippen molar-refractivity contribution < 1.29 is 22.8 Å². The van der Waals surface area contributed by atoms with Gasteiger partial charge in [-0.25, -0.2) is 0 Å². The molecular weight excluding hydrogens is 368 g/mol. The molecule has 0 fully saturated rings. The third-order valence-electron chi connectivity index (χ3n) is 3.76. The molecule has 0 aliphatic rings. The van der Waals surface area contributed by atoms with Gasteiger partial charge in [-0.3, -0.25) is 0 Å². The standard InChI is InChI=1S/C17H42O5Si3/c1-8-12-19-13-9-16-23(2,3)21-25(6,7)22-24(4,5)17-10-14-20-15-11-18/h18H,8-17H2,1-7H3. The summed E-state index contributed by atoms with van der Waals surface area (Å²) in [4.78, 5) is 0. The lowest BCUT2D eigenvalue weighted by Gasteiger charge is -2.38. The minimum Gasteiger partial charge on any atom is -0.437 e. The molecule has 0 bridgehead atoms. The summed E-state index contributed by atoms with van der Waals surface area (Å²) in [6.45, 7) is 18.5. The number of aliphatic hydroxyl groups is 1. The Hall–Kier alpha value is 0.451. The van der Waals surface area contributed by atoms with Crippen molar-refractivity contribution in [3.05, 3.63) is 0 Å². The van der Waals surface area contributed by atoms with Crippen LogP contribution in [0.4, 0.5) is 0 Å². The van der Waals surface area contributed by atoms with Crippen LogP contribution in [-0.2, 0) is 17.7 Å². The van der Waals surface area contributed by atoms with E-state index in [-0.39, 0.29) is 6.61 Å². The van der Waals surface area contributed by atoms with Gasteiger partial charge in [0, 0.05) is 19.8 Å². The van der Waals surface area contributed by atoms with E-state index in [1.54, 1.807) is 0 Å². The van der Waals surface area contributed by atoms with Crippen molar-refractivity contribution in [2.75, 3.05) is 33.0 Å². The van der Waals surface area contributed by atoms with Crippen molar-refractivity contribution >= 4 is 25.2 Å². The molecule has 1 N–H and O–H groups in total. The average molecular weight is 411 g/mol. The van der Waals surface area contributed by atoms with E-state index in [9.17, 15) is 0 Å². The maximum atomic E-state index is 8.73. The second kappa shape index (κ2) is 12.8. The van der Waals surface area contributed by atoms with Crippen LogP contribution in [0.3, 0.4) is 0 Å². The van der Waals surface area contributed by atoms with E-state index in [1.165, 1.54) is 0 Å². The van der Waals surface area contributed by atoms with Crippen LogP contribution >= 0.6 is 0 Å². The fraction of sp³-hybridized carbons (Fsp3) is 1.00. The molecule has 0 atom stereocenters. The zero-order chi connectivity index (χ0) is 19.4. The zero-order valence-corrected chi connectivity index (χ0v) is 20.7. The first kappa shape index (κ1) is 25.5. The minimum absolute atomic E-state index is 0.0916. The molecule has 0 amide bonds. The first-order valence-electron chi connectivity index (χ1n) is 9.70. The summed E-state index contributed by atoms with van der Waals surface area (Å²) in [7, 11) is -5.60.